The van der Waals surface area contributed by atoms with Crippen molar-refractivity contribution in [3.8, 4) is 85.1 Å². The number of aromatic nitrogens is 3. The lowest BCUT2D eigenvalue weighted by Gasteiger charge is -2.40. The summed E-state index contributed by atoms with van der Waals surface area (Å²) in [6, 6.07) is 69.1. The largest absolute Gasteiger partial charge is 0.457 e. The molecule has 8 aromatic carbocycles. The first-order valence-corrected chi connectivity index (χ1v) is 19.3. The highest BCUT2D eigenvalue weighted by Crippen LogP contribution is 2.62. The molecule has 2 heterocycles. The van der Waals surface area contributed by atoms with Gasteiger partial charge in [-0.2, -0.15) is 5.26 Å². The molecule has 1 aliphatic heterocycles. The van der Waals surface area contributed by atoms with Crippen LogP contribution in [0.2, 0.25) is 0 Å². The van der Waals surface area contributed by atoms with Gasteiger partial charge in [0.15, 0.2) is 17.5 Å². The van der Waals surface area contributed by atoms with Gasteiger partial charge in [-0.25, -0.2) is 15.0 Å². The van der Waals surface area contributed by atoms with E-state index in [1.807, 2.05) is 78.9 Å². The van der Waals surface area contributed by atoms with Crippen LogP contribution in [0, 0.1) is 11.3 Å². The van der Waals surface area contributed by atoms with Crippen LogP contribution in [0.4, 0.5) is 0 Å². The summed E-state index contributed by atoms with van der Waals surface area (Å²) < 4.78 is 6.85. The molecule has 270 valence electrons. The number of rotatable bonds is 5. The fraction of sp³-hybridized carbons (Fsp3) is 0.0189. The smallest absolute Gasteiger partial charge is 0.164 e. The summed E-state index contributed by atoms with van der Waals surface area (Å²) >= 11 is 0. The molecule has 0 atom stereocenters. The van der Waals surface area contributed by atoms with E-state index >= 15 is 0 Å². The standard InChI is InChI=1S/C53H32N4O/c54-33-34-13-11-18-37(29-34)39-25-27-48-46(31-39)53(44-23-9-7-21-42(44)43-22-8-10-24-45(43)53)47-32-40(26-28-49(47)58-48)38-19-12-20-41(30-38)52-56-50(35-14-3-1-4-15-35)55-51(57-52)36-16-5-2-6-17-36/h1-32H. The maximum Gasteiger partial charge on any atom is 0.164 e. The van der Waals surface area contributed by atoms with Crippen molar-refractivity contribution in [3.05, 3.63) is 222 Å². The van der Waals surface area contributed by atoms with Crippen molar-refractivity contribution in [2.24, 2.45) is 0 Å². The molecule has 1 aliphatic carbocycles. The summed E-state index contributed by atoms with van der Waals surface area (Å²) in [6.45, 7) is 0. The van der Waals surface area contributed by atoms with Crippen molar-refractivity contribution in [2.45, 2.75) is 5.41 Å². The lowest BCUT2D eigenvalue weighted by Crippen LogP contribution is -2.32. The molecule has 5 nitrogen and oxygen atoms in total. The normalized spacial score (nSPS) is 12.7. The highest BCUT2D eigenvalue weighted by atomic mass is 16.5. The van der Waals surface area contributed by atoms with Crippen LogP contribution in [0.15, 0.2) is 194 Å². The Kier molecular flexibility index (Phi) is 7.70. The molecule has 0 saturated heterocycles. The molecule has 58 heavy (non-hydrogen) atoms. The van der Waals surface area contributed by atoms with Crippen molar-refractivity contribution in [1.82, 2.24) is 15.0 Å². The SMILES string of the molecule is N#Cc1cccc(-c2ccc3c(c2)C2(c4cc(-c5cccc(-c6nc(-c7ccccc7)nc(-c7ccccc7)n6)c5)ccc4O3)c3ccccc3-c3ccccc32)c1. The van der Waals surface area contributed by atoms with Gasteiger partial charge >= 0.3 is 0 Å². The molecule has 11 rings (SSSR count). The van der Waals surface area contributed by atoms with E-state index in [9.17, 15) is 5.26 Å². The molecule has 2 aliphatic rings. The van der Waals surface area contributed by atoms with Crippen LogP contribution in [0.3, 0.4) is 0 Å². The minimum absolute atomic E-state index is 0.605. The van der Waals surface area contributed by atoms with Gasteiger partial charge in [0.25, 0.3) is 0 Å². The van der Waals surface area contributed by atoms with Crippen LogP contribution in [-0.4, -0.2) is 15.0 Å². The second-order valence-corrected chi connectivity index (χ2v) is 14.7. The lowest BCUT2D eigenvalue weighted by molar-refractivity contribution is 0.436. The fourth-order valence-corrected chi connectivity index (χ4v) is 8.81. The van der Waals surface area contributed by atoms with E-state index in [1.165, 1.54) is 22.3 Å². The molecule has 9 aromatic rings. The Morgan fingerprint density at radius 1 is 0.362 bits per heavy atom. The zero-order chi connectivity index (χ0) is 38.6. The van der Waals surface area contributed by atoms with Crippen molar-refractivity contribution in [2.75, 3.05) is 0 Å². The average Bonchev–Trinajstić information content (AvgIpc) is 3.60. The van der Waals surface area contributed by atoms with Gasteiger partial charge in [-0.3, -0.25) is 0 Å². The highest BCUT2D eigenvalue weighted by Gasteiger charge is 2.51. The van der Waals surface area contributed by atoms with Crippen LogP contribution in [-0.2, 0) is 5.41 Å². The Balaban J connectivity index is 1.10. The van der Waals surface area contributed by atoms with Crippen molar-refractivity contribution in [1.29, 1.82) is 5.26 Å². The summed E-state index contributed by atoms with van der Waals surface area (Å²) in [5.74, 6) is 3.48. The third-order valence-electron chi connectivity index (χ3n) is 11.4. The van der Waals surface area contributed by atoms with Gasteiger partial charge in [-0.15, -0.1) is 0 Å². The van der Waals surface area contributed by atoms with E-state index in [4.69, 9.17) is 19.7 Å². The van der Waals surface area contributed by atoms with Crippen LogP contribution in [0.5, 0.6) is 11.5 Å². The first kappa shape index (κ1) is 33.4. The zero-order valence-corrected chi connectivity index (χ0v) is 31.2. The quantitative estimate of drug-likeness (QED) is 0.176. The van der Waals surface area contributed by atoms with Gasteiger partial charge in [0.2, 0.25) is 0 Å². The zero-order valence-electron chi connectivity index (χ0n) is 31.2. The Labute approximate surface area is 336 Å². The van der Waals surface area contributed by atoms with Gasteiger partial charge in [0.1, 0.15) is 11.5 Å². The summed E-state index contributed by atoms with van der Waals surface area (Å²) in [4.78, 5) is 15.0. The van der Waals surface area contributed by atoms with E-state index in [-0.39, 0.29) is 0 Å². The molecule has 1 aromatic heterocycles. The van der Waals surface area contributed by atoms with E-state index in [0.717, 1.165) is 61.6 Å². The number of hydrogen-bond donors (Lipinski definition) is 0. The van der Waals surface area contributed by atoms with Crippen LogP contribution < -0.4 is 4.74 Å². The average molecular weight is 741 g/mol. The Bertz CT molecular complexity index is 3010. The van der Waals surface area contributed by atoms with E-state index < -0.39 is 5.41 Å². The molecular weight excluding hydrogens is 709 g/mol. The Morgan fingerprint density at radius 2 is 0.793 bits per heavy atom. The highest BCUT2D eigenvalue weighted by molar-refractivity contribution is 5.90. The summed E-state index contributed by atoms with van der Waals surface area (Å²) in [7, 11) is 0. The molecule has 1 spiro atoms. The predicted octanol–water partition coefficient (Wildman–Crippen LogP) is 12.5. The van der Waals surface area contributed by atoms with Gasteiger partial charge in [-0.05, 0) is 87.0 Å². The molecule has 0 radical (unpaired) electrons. The third-order valence-corrected chi connectivity index (χ3v) is 11.4. The molecule has 0 fully saturated rings. The minimum Gasteiger partial charge on any atom is -0.457 e. The molecule has 0 bridgehead atoms. The van der Waals surface area contributed by atoms with E-state index in [2.05, 4.69) is 121 Å². The van der Waals surface area contributed by atoms with Crippen LogP contribution in [0.1, 0.15) is 27.8 Å². The molecular formula is C53H32N4O. The van der Waals surface area contributed by atoms with Gasteiger partial charge in [0.05, 0.1) is 17.0 Å². The molecule has 0 unspecified atom stereocenters. The summed E-state index contributed by atoms with van der Waals surface area (Å²) in [6.07, 6.45) is 0. The maximum atomic E-state index is 9.74. The summed E-state index contributed by atoms with van der Waals surface area (Å²) in [5, 5.41) is 9.74. The Hall–Kier alpha value is -7.94. The van der Waals surface area contributed by atoms with Crippen molar-refractivity contribution < 1.29 is 4.74 Å². The molecule has 0 amide bonds. The fourth-order valence-electron chi connectivity index (χ4n) is 8.81. The Morgan fingerprint density at radius 3 is 1.34 bits per heavy atom. The summed E-state index contributed by atoms with van der Waals surface area (Å²) in [5.41, 5.74) is 13.8. The molecule has 0 N–H and O–H groups in total. The number of nitrogens with zero attached hydrogens (tertiary/aromatic N) is 4. The van der Waals surface area contributed by atoms with E-state index in [0.29, 0.717) is 23.0 Å². The number of fused-ring (bicyclic) bond motifs is 9. The number of hydrogen-bond acceptors (Lipinski definition) is 5. The van der Waals surface area contributed by atoms with Gasteiger partial charge in [0, 0.05) is 27.8 Å². The number of ether oxygens (including phenoxy) is 1. The molecule has 5 heteroatoms. The van der Waals surface area contributed by atoms with Crippen LogP contribution >= 0.6 is 0 Å². The van der Waals surface area contributed by atoms with Crippen molar-refractivity contribution in [3.63, 3.8) is 0 Å². The predicted molar refractivity (Wildman–Crippen MR) is 229 cm³/mol. The minimum atomic E-state index is -0.671. The van der Waals surface area contributed by atoms with Crippen molar-refractivity contribution >= 4 is 0 Å². The number of benzene rings is 8. The van der Waals surface area contributed by atoms with E-state index in [1.54, 1.807) is 0 Å². The first-order chi connectivity index (χ1) is 28.7. The third kappa shape index (κ3) is 5.27. The number of nitriles is 1. The van der Waals surface area contributed by atoms with Gasteiger partial charge < -0.3 is 4.74 Å². The molecule has 0 saturated carbocycles. The second kappa shape index (κ2) is 13.4. The van der Waals surface area contributed by atoms with Gasteiger partial charge in [-0.1, -0.05) is 152 Å². The maximum absolute atomic E-state index is 9.74. The first-order valence-electron chi connectivity index (χ1n) is 19.3. The second-order valence-electron chi connectivity index (χ2n) is 14.7. The topological polar surface area (TPSA) is 71.7 Å². The monoisotopic (exact) mass is 740 g/mol. The lowest BCUT2D eigenvalue weighted by atomic mass is 9.65. The van der Waals surface area contributed by atoms with Crippen LogP contribution in [0.25, 0.3) is 67.5 Å².